The summed E-state index contributed by atoms with van der Waals surface area (Å²) in [5.74, 6) is 0.610. The lowest BCUT2D eigenvalue weighted by molar-refractivity contribution is 0.142. The second kappa shape index (κ2) is 6.31. The van der Waals surface area contributed by atoms with Gasteiger partial charge in [-0.25, -0.2) is 4.79 Å². The number of ether oxygens (including phenoxy) is 1. The van der Waals surface area contributed by atoms with Crippen molar-refractivity contribution in [2.75, 3.05) is 43.9 Å². The van der Waals surface area contributed by atoms with E-state index < -0.39 is 6.09 Å². The van der Waals surface area contributed by atoms with Crippen LogP contribution >= 0.6 is 0 Å². The SMILES string of the molecule is COc1cc(N2CCN(C(=O)O)CC2)c(-c2cnn(C)c2)cc1N. The van der Waals surface area contributed by atoms with Gasteiger partial charge in [0.15, 0.2) is 0 Å². The van der Waals surface area contributed by atoms with Crippen molar-refractivity contribution < 1.29 is 14.6 Å². The van der Waals surface area contributed by atoms with Crippen LogP contribution in [0.15, 0.2) is 24.5 Å². The molecule has 1 amide bonds. The number of carbonyl (C=O) groups is 1. The van der Waals surface area contributed by atoms with E-state index in [1.165, 1.54) is 4.90 Å². The molecule has 1 aliphatic heterocycles. The molecule has 0 bridgehead atoms. The van der Waals surface area contributed by atoms with E-state index in [1.807, 2.05) is 25.4 Å². The van der Waals surface area contributed by atoms with E-state index in [-0.39, 0.29) is 0 Å². The number of hydrogen-bond donors (Lipinski definition) is 2. The zero-order chi connectivity index (χ0) is 17.3. The van der Waals surface area contributed by atoms with Gasteiger partial charge in [-0.05, 0) is 6.07 Å². The molecule has 1 saturated heterocycles. The van der Waals surface area contributed by atoms with Gasteiger partial charge in [-0.15, -0.1) is 0 Å². The van der Waals surface area contributed by atoms with Gasteiger partial charge in [-0.3, -0.25) is 4.68 Å². The molecule has 0 radical (unpaired) electrons. The third-order valence-electron chi connectivity index (χ3n) is 4.25. The number of anilines is 2. The highest BCUT2D eigenvalue weighted by Crippen LogP contribution is 2.38. The standard InChI is InChI=1S/C16H21N5O3/c1-19-10-11(9-18-19)12-7-13(17)15(24-2)8-14(12)20-3-5-21(6-4-20)16(22)23/h7-10H,3-6,17H2,1-2H3,(H,22,23). The maximum Gasteiger partial charge on any atom is 0.407 e. The highest BCUT2D eigenvalue weighted by atomic mass is 16.5. The van der Waals surface area contributed by atoms with Crippen molar-refractivity contribution in [3.63, 3.8) is 0 Å². The summed E-state index contributed by atoms with van der Waals surface area (Å²) >= 11 is 0. The van der Waals surface area contributed by atoms with Crippen LogP contribution in [-0.2, 0) is 7.05 Å². The van der Waals surface area contributed by atoms with Crippen molar-refractivity contribution in [2.45, 2.75) is 0 Å². The first kappa shape index (κ1) is 16.0. The largest absolute Gasteiger partial charge is 0.495 e. The van der Waals surface area contributed by atoms with Crippen molar-refractivity contribution in [3.05, 3.63) is 24.5 Å². The fourth-order valence-electron chi connectivity index (χ4n) is 2.95. The summed E-state index contributed by atoms with van der Waals surface area (Å²) in [6.07, 6.45) is 2.84. The molecule has 1 aliphatic rings. The zero-order valence-electron chi connectivity index (χ0n) is 13.8. The Kier molecular flexibility index (Phi) is 4.20. The van der Waals surface area contributed by atoms with Crippen molar-refractivity contribution in [3.8, 4) is 16.9 Å². The normalized spacial score (nSPS) is 14.8. The molecule has 8 heteroatoms. The molecule has 0 unspecified atom stereocenters. The van der Waals surface area contributed by atoms with Crippen molar-refractivity contribution in [2.24, 2.45) is 7.05 Å². The predicted molar refractivity (Wildman–Crippen MR) is 91.4 cm³/mol. The number of nitrogens with two attached hydrogens (primary N) is 1. The van der Waals surface area contributed by atoms with E-state index in [4.69, 9.17) is 15.6 Å². The lowest BCUT2D eigenvalue weighted by atomic mass is 10.0. The zero-order valence-corrected chi connectivity index (χ0v) is 13.8. The summed E-state index contributed by atoms with van der Waals surface area (Å²) in [6.45, 7) is 2.17. The molecule has 8 nitrogen and oxygen atoms in total. The number of nitrogens with zero attached hydrogens (tertiary/aromatic N) is 4. The maximum atomic E-state index is 11.1. The first-order valence-electron chi connectivity index (χ1n) is 7.69. The quantitative estimate of drug-likeness (QED) is 0.827. The van der Waals surface area contributed by atoms with E-state index in [0.717, 1.165) is 16.8 Å². The number of rotatable bonds is 3. The van der Waals surface area contributed by atoms with Gasteiger partial charge in [0.05, 0.1) is 19.0 Å². The van der Waals surface area contributed by atoms with Gasteiger partial charge in [0.1, 0.15) is 5.75 Å². The number of amides is 1. The Balaban J connectivity index is 1.98. The Hall–Kier alpha value is -2.90. The van der Waals surface area contributed by atoms with Crippen LogP contribution in [-0.4, -0.2) is 59.2 Å². The minimum Gasteiger partial charge on any atom is -0.495 e. The molecular weight excluding hydrogens is 310 g/mol. The van der Waals surface area contributed by atoms with Crippen LogP contribution in [0.4, 0.5) is 16.2 Å². The predicted octanol–water partition coefficient (Wildman–Crippen LogP) is 1.48. The van der Waals surface area contributed by atoms with E-state index in [1.54, 1.807) is 18.0 Å². The summed E-state index contributed by atoms with van der Waals surface area (Å²) in [5, 5.41) is 13.3. The second-order valence-electron chi connectivity index (χ2n) is 5.77. The molecule has 1 aromatic heterocycles. The van der Waals surface area contributed by atoms with Crippen LogP contribution in [0.1, 0.15) is 0 Å². The van der Waals surface area contributed by atoms with Crippen LogP contribution in [0.2, 0.25) is 0 Å². The molecule has 3 N–H and O–H groups in total. The highest BCUT2D eigenvalue weighted by molar-refractivity contribution is 5.84. The first-order chi connectivity index (χ1) is 11.5. The molecule has 0 atom stereocenters. The summed E-state index contributed by atoms with van der Waals surface area (Å²) < 4.78 is 7.09. The lowest BCUT2D eigenvalue weighted by Gasteiger charge is -2.35. The number of methoxy groups -OCH3 is 1. The number of nitrogen functional groups attached to an aromatic ring is 1. The van der Waals surface area contributed by atoms with Gasteiger partial charge in [-0.1, -0.05) is 0 Å². The second-order valence-corrected chi connectivity index (χ2v) is 5.77. The molecule has 1 aromatic carbocycles. The van der Waals surface area contributed by atoms with E-state index in [2.05, 4.69) is 10.00 Å². The molecular formula is C16H21N5O3. The van der Waals surface area contributed by atoms with Crippen molar-refractivity contribution >= 4 is 17.5 Å². The molecule has 2 heterocycles. The Bertz CT molecular complexity index is 750. The molecule has 1 fully saturated rings. The van der Waals surface area contributed by atoms with Crippen molar-refractivity contribution in [1.82, 2.24) is 14.7 Å². The average molecular weight is 331 g/mol. The van der Waals surface area contributed by atoms with Gasteiger partial charge < -0.3 is 25.4 Å². The molecule has 0 aliphatic carbocycles. The Morgan fingerprint density at radius 2 is 2.00 bits per heavy atom. The maximum absolute atomic E-state index is 11.1. The summed E-state index contributed by atoms with van der Waals surface area (Å²) in [4.78, 5) is 14.7. The smallest absolute Gasteiger partial charge is 0.407 e. The minimum absolute atomic E-state index is 0.467. The Labute approximate surface area is 140 Å². The van der Waals surface area contributed by atoms with Gasteiger partial charge >= 0.3 is 6.09 Å². The van der Waals surface area contributed by atoms with Crippen LogP contribution in [0.25, 0.3) is 11.1 Å². The van der Waals surface area contributed by atoms with Crippen LogP contribution < -0.4 is 15.4 Å². The minimum atomic E-state index is -0.878. The topological polar surface area (TPSA) is 96.9 Å². The number of aromatic nitrogens is 2. The van der Waals surface area contributed by atoms with E-state index in [9.17, 15) is 4.79 Å². The first-order valence-corrected chi connectivity index (χ1v) is 7.69. The number of piperazine rings is 1. The number of carboxylic acid groups (broad SMARTS) is 1. The van der Waals surface area contributed by atoms with Crippen LogP contribution in [0, 0.1) is 0 Å². The monoisotopic (exact) mass is 331 g/mol. The highest BCUT2D eigenvalue weighted by Gasteiger charge is 2.24. The summed E-state index contributed by atoms with van der Waals surface area (Å²) in [6, 6.07) is 3.79. The van der Waals surface area contributed by atoms with Crippen molar-refractivity contribution in [1.29, 1.82) is 0 Å². The third-order valence-corrected chi connectivity index (χ3v) is 4.25. The Morgan fingerprint density at radius 3 is 2.54 bits per heavy atom. The number of aryl methyl sites for hydroxylation is 1. The van der Waals surface area contributed by atoms with E-state index >= 15 is 0 Å². The molecule has 0 spiro atoms. The van der Waals surface area contributed by atoms with E-state index in [0.29, 0.717) is 37.6 Å². The van der Waals surface area contributed by atoms with Gasteiger partial charge in [0.25, 0.3) is 0 Å². The van der Waals surface area contributed by atoms with Crippen LogP contribution in [0.5, 0.6) is 5.75 Å². The van der Waals surface area contributed by atoms with Crippen LogP contribution in [0.3, 0.4) is 0 Å². The van der Waals surface area contributed by atoms with Gasteiger partial charge in [-0.2, -0.15) is 5.10 Å². The fourth-order valence-corrected chi connectivity index (χ4v) is 2.95. The lowest BCUT2D eigenvalue weighted by Crippen LogP contribution is -2.48. The average Bonchev–Trinajstić information content (AvgIpc) is 3.01. The summed E-state index contributed by atoms with van der Waals surface area (Å²) in [5.41, 5.74) is 9.53. The number of hydrogen-bond acceptors (Lipinski definition) is 5. The summed E-state index contributed by atoms with van der Waals surface area (Å²) in [7, 11) is 3.45. The van der Waals surface area contributed by atoms with Gasteiger partial charge in [0, 0.05) is 62.3 Å². The molecule has 24 heavy (non-hydrogen) atoms. The molecule has 0 saturated carbocycles. The number of benzene rings is 1. The molecule has 2 aromatic rings. The van der Waals surface area contributed by atoms with Gasteiger partial charge in [0.2, 0.25) is 0 Å². The molecule has 3 rings (SSSR count). The Morgan fingerprint density at radius 1 is 1.29 bits per heavy atom. The third kappa shape index (κ3) is 2.94. The molecule has 128 valence electrons. The fraction of sp³-hybridized carbons (Fsp3) is 0.375.